The van der Waals surface area contributed by atoms with Crippen molar-refractivity contribution in [2.24, 2.45) is 0 Å². The van der Waals surface area contributed by atoms with Crippen molar-refractivity contribution in [2.75, 3.05) is 24.7 Å². The number of carbonyl (C=O) groups is 1. The molecule has 3 heterocycles. The van der Waals surface area contributed by atoms with E-state index in [1.165, 1.54) is 34.1 Å². The van der Waals surface area contributed by atoms with Gasteiger partial charge in [0.25, 0.3) is 0 Å². The first kappa shape index (κ1) is 27.6. The topological polar surface area (TPSA) is 110 Å². The maximum absolute atomic E-state index is 14.9. The van der Waals surface area contributed by atoms with Crippen molar-refractivity contribution in [3.63, 3.8) is 0 Å². The molecular weight excluding hydrogens is 528 g/mol. The minimum absolute atomic E-state index is 0. The molecule has 206 valence electrons. The summed E-state index contributed by atoms with van der Waals surface area (Å²) in [6, 6.07) is 4.17. The van der Waals surface area contributed by atoms with Gasteiger partial charge in [0.05, 0.1) is 11.9 Å². The molecule has 4 rings (SSSR count). The number of aldehydes is 1. The summed E-state index contributed by atoms with van der Waals surface area (Å²) >= 11 is 0. The number of nitrogens with one attached hydrogen (secondary N) is 1. The number of halogens is 4. The van der Waals surface area contributed by atoms with Crippen molar-refractivity contribution >= 4 is 22.3 Å². The average molecular weight is 557 g/mol. The summed E-state index contributed by atoms with van der Waals surface area (Å²) in [4.78, 5) is 22.8. The molecule has 38 heavy (non-hydrogen) atoms. The highest BCUT2D eigenvalue weighted by Crippen LogP contribution is 2.36. The van der Waals surface area contributed by atoms with Crippen LogP contribution in [0.2, 0.25) is 0 Å². The van der Waals surface area contributed by atoms with E-state index in [0.29, 0.717) is 31.0 Å². The molecule has 1 N–H and O–H groups in total. The summed E-state index contributed by atoms with van der Waals surface area (Å²) < 4.78 is 82.5. The van der Waals surface area contributed by atoms with Gasteiger partial charge in [-0.1, -0.05) is 6.07 Å². The first-order valence-electron chi connectivity index (χ1n) is 11.8. The minimum Gasteiger partial charge on any atom is -0.351 e. The normalized spacial score (nSPS) is 15.5. The van der Waals surface area contributed by atoms with Crippen LogP contribution in [-0.2, 0) is 27.4 Å². The Morgan fingerprint density at radius 2 is 1.92 bits per heavy atom. The number of hydrogen-bond donors (Lipinski definition) is 1. The number of anilines is 1. The fourth-order valence-corrected chi connectivity index (χ4v) is 5.20. The van der Waals surface area contributed by atoms with E-state index in [-0.39, 0.29) is 50.1 Å². The van der Waals surface area contributed by atoms with Crippen LogP contribution in [0.3, 0.4) is 0 Å². The van der Waals surface area contributed by atoms with Crippen LogP contribution in [0.5, 0.6) is 0 Å². The zero-order chi connectivity index (χ0) is 27.7. The van der Waals surface area contributed by atoms with E-state index in [2.05, 4.69) is 20.3 Å². The number of carbonyl (C=O) groups excluding carboxylic acids is 1. The molecule has 2 aromatic heterocycles. The molecule has 0 radical (unpaired) electrons. The molecule has 3 aromatic rings. The molecule has 0 aliphatic carbocycles. The fourth-order valence-electron chi connectivity index (χ4n) is 4.33. The summed E-state index contributed by atoms with van der Waals surface area (Å²) in [5, 5.41) is 3.00. The maximum atomic E-state index is 14.9. The van der Waals surface area contributed by atoms with Crippen LogP contribution in [0.25, 0.3) is 17.1 Å². The lowest BCUT2D eigenvalue weighted by molar-refractivity contribution is -0.137. The van der Waals surface area contributed by atoms with Crippen molar-refractivity contribution in [1.29, 1.82) is 0 Å². The van der Waals surface area contributed by atoms with Gasteiger partial charge in [0, 0.05) is 39.4 Å². The van der Waals surface area contributed by atoms with Crippen molar-refractivity contribution in [3.05, 3.63) is 53.4 Å². The Kier molecular flexibility index (Phi) is 7.83. The highest BCUT2D eigenvalue weighted by atomic mass is 32.2. The van der Waals surface area contributed by atoms with E-state index < -0.39 is 33.3 Å². The molecule has 1 aliphatic heterocycles. The molecular formula is C24H28F4N6O3S. The predicted molar refractivity (Wildman–Crippen MR) is 134 cm³/mol. The third kappa shape index (κ3) is 6.18. The van der Waals surface area contributed by atoms with Gasteiger partial charge in [-0.05, 0) is 43.9 Å². The molecule has 14 heteroatoms. The predicted octanol–water partition coefficient (Wildman–Crippen LogP) is 4.01. The number of piperidine rings is 1. The van der Waals surface area contributed by atoms with E-state index in [1.807, 2.05) is 0 Å². The number of benzene rings is 1. The van der Waals surface area contributed by atoms with Gasteiger partial charge in [0.2, 0.25) is 16.0 Å². The standard InChI is InChI=1S/C24H26F4N6O3S.H2/c1-15-30-20(14-34(15)21-6-5-16(4-3-11-35)12-19(21)25)22-18(24(26,27)28)13-29-23(32-22)31-17-7-9-33(10-8-17)38(2,36)37;/h5-6,11-14,17H,3-4,7-10H2,1-2H3,(H,29,31,32);1H. The molecule has 0 unspecified atom stereocenters. The van der Waals surface area contributed by atoms with Crippen molar-refractivity contribution in [1.82, 2.24) is 23.8 Å². The van der Waals surface area contributed by atoms with E-state index in [9.17, 15) is 30.8 Å². The number of aryl methyl sites for hydroxylation is 2. The Morgan fingerprint density at radius 3 is 2.53 bits per heavy atom. The van der Waals surface area contributed by atoms with Crippen molar-refractivity contribution in [2.45, 2.75) is 44.8 Å². The molecule has 0 atom stereocenters. The lowest BCUT2D eigenvalue weighted by Crippen LogP contribution is -2.42. The third-order valence-electron chi connectivity index (χ3n) is 6.30. The summed E-state index contributed by atoms with van der Waals surface area (Å²) in [7, 11) is -3.32. The van der Waals surface area contributed by atoms with E-state index >= 15 is 0 Å². The molecule has 1 fully saturated rings. The maximum Gasteiger partial charge on any atom is 0.420 e. The lowest BCUT2D eigenvalue weighted by atomic mass is 10.1. The van der Waals surface area contributed by atoms with Gasteiger partial charge in [0.1, 0.15) is 34.9 Å². The minimum atomic E-state index is -4.77. The van der Waals surface area contributed by atoms with Crippen LogP contribution in [0, 0.1) is 12.7 Å². The highest BCUT2D eigenvalue weighted by Gasteiger charge is 2.36. The monoisotopic (exact) mass is 556 g/mol. The second-order valence-electron chi connectivity index (χ2n) is 9.07. The van der Waals surface area contributed by atoms with Gasteiger partial charge in [-0.15, -0.1) is 0 Å². The van der Waals surface area contributed by atoms with E-state index in [1.54, 1.807) is 6.07 Å². The Hall–Kier alpha value is -3.39. The average Bonchev–Trinajstić information content (AvgIpc) is 3.23. The van der Waals surface area contributed by atoms with E-state index in [4.69, 9.17) is 0 Å². The summed E-state index contributed by atoms with van der Waals surface area (Å²) in [6.07, 6.45) is 0.532. The molecule has 1 aromatic carbocycles. The molecule has 1 aliphatic rings. The number of hydrogen-bond acceptors (Lipinski definition) is 7. The van der Waals surface area contributed by atoms with Gasteiger partial charge in [0.15, 0.2) is 0 Å². The van der Waals surface area contributed by atoms with E-state index in [0.717, 1.165) is 12.5 Å². The van der Waals surface area contributed by atoms with Crippen molar-refractivity contribution in [3.8, 4) is 17.1 Å². The number of sulfonamides is 1. The van der Waals surface area contributed by atoms with Crippen LogP contribution in [0.15, 0.2) is 30.6 Å². The van der Waals surface area contributed by atoms with Crippen LogP contribution in [0.1, 0.15) is 37.6 Å². The molecule has 0 spiro atoms. The van der Waals surface area contributed by atoms with Gasteiger partial charge in [-0.2, -0.15) is 13.2 Å². The van der Waals surface area contributed by atoms with Crippen LogP contribution < -0.4 is 5.32 Å². The number of alkyl halides is 3. The lowest BCUT2D eigenvalue weighted by Gasteiger charge is -2.30. The fraction of sp³-hybridized carbons (Fsp3) is 0.417. The second kappa shape index (κ2) is 10.8. The molecule has 0 bridgehead atoms. The van der Waals surface area contributed by atoms with Gasteiger partial charge in [-0.3, -0.25) is 0 Å². The summed E-state index contributed by atoms with van der Waals surface area (Å²) in [6.45, 7) is 2.08. The largest absolute Gasteiger partial charge is 0.420 e. The Bertz CT molecular complexity index is 1440. The van der Waals surface area contributed by atoms with Crippen molar-refractivity contribution < 1.29 is 32.2 Å². The molecule has 0 saturated carbocycles. The Morgan fingerprint density at radius 1 is 1.21 bits per heavy atom. The third-order valence-corrected chi connectivity index (χ3v) is 7.60. The SMILES string of the molecule is Cc1nc(-c2nc(NC3CCN(S(C)(=O)=O)CC3)ncc2C(F)(F)F)cn1-c1ccc(CCC=O)cc1F.[HH]. The smallest absolute Gasteiger partial charge is 0.351 e. The summed E-state index contributed by atoms with van der Waals surface area (Å²) in [5.74, 6) is -0.417. The first-order valence-corrected chi connectivity index (χ1v) is 13.7. The number of nitrogens with zero attached hydrogens (tertiary/aromatic N) is 5. The quantitative estimate of drug-likeness (QED) is 0.330. The zero-order valence-electron chi connectivity index (χ0n) is 20.7. The zero-order valence-corrected chi connectivity index (χ0v) is 21.5. The summed E-state index contributed by atoms with van der Waals surface area (Å²) in [5.41, 5.74) is -0.964. The van der Waals surface area contributed by atoms with Crippen LogP contribution >= 0.6 is 0 Å². The van der Waals surface area contributed by atoms with Gasteiger partial charge in [-0.25, -0.2) is 32.1 Å². The highest BCUT2D eigenvalue weighted by molar-refractivity contribution is 7.88. The van der Waals surface area contributed by atoms with Gasteiger partial charge < -0.3 is 14.7 Å². The molecule has 9 nitrogen and oxygen atoms in total. The second-order valence-corrected chi connectivity index (χ2v) is 11.1. The number of rotatable bonds is 8. The molecule has 0 amide bonds. The van der Waals surface area contributed by atoms with Crippen LogP contribution in [0.4, 0.5) is 23.5 Å². The number of imidazole rings is 1. The Balaban J connectivity index is 0.00000420. The van der Waals surface area contributed by atoms with Gasteiger partial charge >= 0.3 is 6.18 Å². The number of aromatic nitrogens is 4. The van der Waals surface area contributed by atoms with Crippen LogP contribution in [-0.4, -0.2) is 63.9 Å². The first-order chi connectivity index (χ1) is 17.9. The molecule has 1 saturated heterocycles. The Labute approximate surface area is 218 Å².